The van der Waals surface area contributed by atoms with Crippen LogP contribution in [0.3, 0.4) is 0 Å². The molecule has 0 bridgehead atoms. The Morgan fingerprint density at radius 2 is 1.95 bits per heavy atom. The van der Waals surface area contributed by atoms with Gasteiger partial charge < -0.3 is 10.3 Å². The lowest BCUT2D eigenvalue weighted by molar-refractivity contribution is 0.427. The van der Waals surface area contributed by atoms with Crippen LogP contribution < -0.4 is 5.32 Å². The summed E-state index contributed by atoms with van der Waals surface area (Å²) < 4.78 is 0. The van der Waals surface area contributed by atoms with Crippen molar-refractivity contribution in [2.75, 3.05) is 6.54 Å². The molecule has 2 N–H and O–H groups in total. The van der Waals surface area contributed by atoms with Crippen LogP contribution in [0.5, 0.6) is 0 Å². The van der Waals surface area contributed by atoms with Gasteiger partial charge in [0.1, 0.15) is 5.82 Å². The number of aryl methyl sites for hydroxylation is 1. The van der Waals surface area contributed by atoms with Crippen LogP contribution in [-0.2, 0) is 6.42 Å². The molecule has 0 spiro atoms. The second-order valence-corrected chi connectivity index (χ2v) is 5.99. The van der Waals surface area contributed by atoms with Gasteiger partial charge in [0.05, 0.1) is 11.9 Å². The van der Waals surface area contributed by atoms with Crippen LogP contribution in [0.4, 0.5) is 0 Å². The minimum Gasteiger partial charge on any atom is -0.342 e. The fourth-order valence-corrected chi connectivity index (χ4v) is 2.06. The summed E-state index contributed by atoms with van der Waals surface area (Å²) in [5.41, 5.74) is 3.75. The number of aromatic nitrogens is 2. The summed E-state index contributed by atoms with van der Waals surface area (Å²) in [6, 6.07) is 8.37. The molecule has 0 aliphatic carbocycles. The van der Waals surface area contributed by atoms with Crippen molar-refractivity contribution in [3.8, 4) is 11.3 Å². The largest absolute Gasteiger partial charge is 0.342 e. The van der Waals surface area contributed by atoms with Gasteiger partial charge in [-0.15, -0.1) is 0 Å². The van der Waals surface area contributed by atoms with Crippen LogP contribution in [0.25, 0.3) is 11.3 Å². The Bertz CT molecular complexity index is 535. The summed E-state index contributed by atoms with van der Waals surface area (Å²) in [6.45, 7) is 9.58. The molecule has 0 fully saturated rings. The molecule has 0 radical (unpaired) electrons. The number of hydrogen-bond donors (Lipinski definition) is 2. The first-order valence-corrected chi connectivity index (χ1v) is 6.80. The van der Waals surface area contributed by atoms with E-state index in [4.69, 9.17) is 0 Å². The van der Waals surface area contributed by atoms with Gasteiger partial charge in [-0.2, -0.15) is 0 Å². The standard InChI is InChI=1S/C16H23N3/c1-12-7-5-6-8-13(12)14-11-17-15(19-14)9-10-18-16(2,3)4/h5-8,11,18H,9-10H2,1-4H3,(H,17,19). The molecular formula is C16H23N3. The van der Waals surface area contributed by atoms with Crippen LogP contribution in [0.1, 0.15) is 32.2 Å². The van der Waals surface area contributed by atoms with E-state index < -0.39 is 0 Å². The molecule has 1 aromatic heterocycles. The van der Waals surface area contributed by atoms with E-state index in [2.05, 4.69) is 67.2 Å². The van der Waals surface area contributed by atoms with Gasteiger partial charge in [-0.25, -0.2) is 4.98 Å². The van der Waals surface area contributed by atoms with E-state index in [0.29, 0.717) is 0 Å². The molecule has 2 rings (SSSR count). The highest BCUT2D eigenvalue weighted by Gasteiger charge is 2.09. The van der Waals surface area contributed by atoms with Gasteiger partial charge in [0.15, 0.2) is 0 Å². The Balaban J connectivity index is 2.02. The van der Waals surface area contributed by atoms with Crippen molar-refractivity contribution in [1.82, 2.24) is 15.3 Å². The molecule has 0 atom stereocenters. The number of imidazole rings is 1. The number of benzene rings is 1. The van der Waals surface area contributed by atoms with Crippen molar-refractivity contribution < 1.29 is 0 Å². The monoisotopic (exact) mass is 257 g/mol. The third kappa shape index (κ3) is 3.93. The normalized spacial score (nSPS) is 11.8. The average Bonchev–Trinajstić information content (AvgIpc) is 2.76. The molecule has 0 aliphatic heterocycles. The zero-order valence-corrected chi connectivity index (χ0v) is 12.2. The zero-order chi connectivity index (χ0) is 13.9. The van der Waals surface area contributed by atoms with Gasteiger partial charge in [0.25, 0.3) is 0 Å². The Morgan fingerprint density at radius 1 is 1.21 bits per heavy atom. The second kappa shape index (κ2) is 5.57. The van der Waals surface area contributed by atoms with Gasteiger partial charge in [0.2, 0.25) is 0 Å². The van der Waals surface area contributed by atoms with Gasteiger partial charge in [-0.05, 0) is 33.3 Å². The molecule has 0 amide bonds. The topological polar surface area (TPSA) is 40.7 Å². The van der Waals surface area contributed by atoms with Crippen LogP contribution in [0.15, 0.2) is 30.5 Å². The highest BCUT2D eigenvalue weighted by molar-refractivity contribution is 5.62. The van der Waals surface area contributed by atoms with E-state index >= 15 is 0 Å². The third-order valence-electron chi connectivity index (χ3n) is 3.08. The van der Waals surface area contributed by atoms with Crippen LogP contribution in [0, 0.1) is 6.92 Å². The maximum atomic E-state index is 4.46. The average molecular weight is 257 g/mol. The number of nitrogens with one attached hydrogen (secondary N) is 2. The minimum absolute atomic E-state index is 0.158. The molecule has 3 nitrogen and oxygen atoms in total. The van der Waals surface area contributed by atoms with Crippen molar-refractivity contribution in [3.63, 3.8) is 0 Å². The first-order chi connectivity index (χ1) is 8.96. The number of rotatable bonds is 4. The number of aromatic amines is 1. The van der Waals surface area contributed by atoms with E-state index in [-0.39, 0.29) is 5.54 Å². The van der Waals surface area contributed by atoms with Crippen LogP contribution in [-0.4, -0.2) is 22.1 Å². The highest BCUT2D eigenvalue weighted by Crippen LogP contribution is 2.20. The van der Waals surface area contributed by atoms with Crippen LogP contribution >= 0.6 is 0 Å². The minimum atomic E-state index is 0.158. The lowest BCUT2D eigenvalue weighted by Crippen LogP contribution is -2.37. The molecule has 3 heteroatoms. The number of H-pyrrole nitrogens is 1. The lowest BCUT2D eigenvalue weighted by atomic mass is 10.1. The van der Waals surface area contributed by atoms with Crippen molar-refractivity contribution in [3.05, 3.63) is 41.9 Å². The van der Waals surface area contributed by atoms with Gasteiger partial charge in [-0.1, -0.05) is 24.3 Å². The summed E-state index contributed by atoms with van der Waals surface area (Å²) in [5, 5.41) is 3.47. The van der Waals surface area contributed by atoms with Crippen molar-refractivity contribution >= 4 is 0 Å². The molecule has 19 heavy (non-hydrogen) atoms. The van der Waals surface area contributed by atoms with E-state index in [9.17, 15) is 0 Å². The SMILES string of the molecule is Cc1ccccc1-c1cnc(CCNC(C)(C)C)[nH]1. The molecule has 102 valence electrons. The molecular weight excluding hydrogens is 234 g/mol. The van der Waals surface area contributed by atoms with E-state index in [1.807, 2.05) is 6.20 Å². The smallest absolute Gasteiger partial charge is 0.107 e. The summed E-state index contributed by atoms with van der Waals surface area (Å²) in [6.07, 6.45) is 2.85. The summed E-state index contributed by atoms with van der Waals surface area (Å²) in [4.78, 5) is 7.86. The van der Waals surface area contributed by atoms with Gasteiger partial charge in [-0.3, -0.25) is 0 Å². The highest BCUT2D eigenvalue weighted by atomic mass is 15.0. The molecule has 0 saturated heterocycles. The first kappa shape index (κ1) is 13.8. The fraction of sp³-hybridized carbons (Fsp3) is 0.438. The Kier molecular flexibility index (Phi) is 4.05. The molecule has 1 aromatic carbocycles. The molecule has 0 unspecified atom stereocenters. The third-order valence-corrected chi connectivity index (χ3v) is 3.08. The predicted molar refractivity (Wildman–Crippen MR) is 80.2 cm³/mol. The Hall–Kier alpha value is -1.61. The number of hydrogen-bond acceptors (Lipinski definition) is 2. The second-order valence-electron chi connectivity index (χ2n) is 5.99. The van der Waals surface area contributed by atoms with E-state index in [0.717, 1.165) is 24.5 Å². The first-order valence-electron chi connectivity index (χ1n) is 6.80. The maximum Gasteiger partial charge on any atom is 0.107 e. The fourth-order valence-electron chi connectivity index (χ4n) is 2.06. The van der Waals surface area contributed by atoms with E-state index in [1.54, 1.807) is 0 Å². The Morgan fingerprint density at radius 3 is 2.63 bits per heavy atom. The Labute approximate surface area is 115 Å². The molecule has 2 aromatic rings. The van der Waals surface area contributed by atoms with E-state index in [1.165, 1.54) is 11.1 Å². The quantitative estimate of drug-likeness (QED) is 0.882. The summed E-state index contributed by atoms with van der Waals surface area (Å²) in [7, 11) is 0. The van der Waals surface area contributed by atoms with Crippen molar-refractivity contribution in [1.29, 1.82) is 0 Å². The summed E-state index contributed by atoms with van der Waals surface area (Å²) in [5.74, 6) is 1.04. The van der Waals surface area contributed by atoms with Crippen LogP contribution in [0.2, 0.25) is 0 Å². The lowest BCUT2D eigenvalue weighted by Gasteiger charge is -2.19. The predicted octanol–water partition coefficient (Wildman–Crippen LogP) is 3.32. The van der Waals surface area contributed by atoms with Crippen molar-refractivity contribution in [2.24, 2.45) is 0 Å². The van der Waals surface area contributed by atoms with Gasteiger partial charge in [0, 0.05) is 24.1 Å². The van der Waals surface area contributed by atoms with Gasteiger partial charge >= 0.3 is 0 Å². The molecule has 0 aliphatic rings. The number of nitrogens with zero attached hydrogens (tertiary/aromatic N) is 1. The summed E-state index contributed by atoms with van der Waals surface area (Å²) >= 11 is 0. The zero-order valence-electron chi connectivity index (χ0n) is 12.2. The maximum absolute atomic E-state index is 4.46. The van der Waals surface area contributed by atoms with Crippen molar-refractivity contribution in [2.45, 2.75) is 39.7 Å². The molecule has 0 saturated carbocycles. The molecule has 1 heterocycles.